The number of pyridine rings is 1. The number of hydrogen-bond donors (Lipinski definition) is 0. The molecular weight excluding hydrogens is 270 g/mol. The fourth-order valence-electron chi connectivity index (χ4n) is 2.01. The van der Waals surface area contributed by atoms with Gasteiger partial charge in [0.05, 0.1) is 22.3 Å². The van der Waals surface area contributed by atoms with Gasteiger partial charge in [0.25, 0.3) is 0 Å². The molecule has 3 aromatic rings. The maximum Gasteiger partial charge on any atom is 0.169 e. The molecule has 0 fully saturated rings. The van der Waals surface area contributed by atoms with Crippen molar-refractivity contribution in [2.45, 2.75) is 6.92 Å². The molecule has 0 aliphatic rings. The van der Waals surface area contributed by atoms with Crippen LogP contribution >= 0.6 is 11.6 Å². The van der Waals surface area contributed by atoms with E-state index < -0.39 is 11.6 Å². The Morgan fingerprint density at radius 3 is 2.79 bits per heavy atom. The Morgan fingerprint density at radius 2 is 2.00 bits per heavy atom. The normalized spacial score (nSPS) is 11.2. The molecule has 0 aliphatic heterocycles. The van der Waals surface area contributed by atoms with Crippen LogP contribution in [0.4, 0.5) is 8.78 Å². The third-order valence-corrected chi connectivity index (χ3v) is 3.53. The minimum Gasteiger partial charge on any atom is -0.298 e. The molecule has 3 rings (SSSR count). The van der Waals surface area contributed by atoms with E-state index in [1.165, 1.54) is 12.1 Å². The van der Waals surface area contributed by atoms with Crippen LogP contribution < -0.4 is 0 Å². The molecule has 2 heterocycles. The van der Waals surface area contributed by atoms with E-state index in [9.17, 15) is 8.78 Å². The van der Waals surface area contributed by atoms with Crippen molar-refractivity contribution in [3.05, 3.63) is 58.9 Å². The Kier molecular flexibility index (Phi) is 2.75. The first-order valence-electron chi connectivity index (χ1n) is 5.66. The molecule has 0 bridgehead atoms. The van der Waals surface area contributed by atoms with Gasteiger partial charge < -0.3 is 0 Å². The van der Waals surface area contributed by atoms with Gasteiger partial charge >= 0.3 is 0 Å². The maximum absolute atomic E-state index is 13.8. The second-order valence-electron chi connectivity index (χ2n) is 4.25. The summed E-state index contributed by atoms with van der Waals surface area (Å²) < 4.78 is 28.7. The lowest BCUT2D eigenvalue weighted by Gasteiger charge is -2.05. The van der Waals surface area contributed by atoms with Crippen LogP contribution in [0.1, 0.15) is 5.56 Å². The van der Waals surface area contributed by atoms with Crippen LogP contribution in [0, 0.1) is 18.6 Å². The fraction of sp³-hybridized carbons (Fsp3) is 0.0714. The molecule has 2 nitrogen and oxygen atoms in total. The van der Waals surface area contributed by atoms with Gasteiger partial charge in [-0.05, 0) is 30.7 Å². The molecule has 0 unspecified atom stereocenters. The smallest absolute Gasteiger partial charge is 0.169 e. The summed E-state index contributed by atoms with van der Waals surface area (Å²) >= 11 is 6.17. The summed E-state index contributed by atoms with van der Waals surface area (Å²) in [6, 6.07) is 5.81. The summed E-state index contributed by atoms with van der Waals surface area (Å²) in [5.41, 5.74) is 1.68. The highest BCUT2D eigenvalue weighted by Gasteiger charge is 2.15. The minimum atomic E-state index is -0.910. The molecule has 0 amide bonds. The second-order valence-corrected chi connectivity index (χ2v) is 4.63. The van der Waals surface area contributed by atoms with Crippen molar-refractivity contribution in [3.63, 3.8) is 0 Å². The summed E-state index contributed by atoms with van der Waals surface area (Å²) in [7, 11) is 0. The summed E-state index contributed by atoms with van der Waals surface area (Å²) in [6.45, 7) is 1.87. The van der Waals surface area contributed by atoms with E-state index >= 15 is 0 Å². The Morgan fingerprint density at radius 1 is 1.21 bits per heavy atom. The van der Waals surface area contributed by atoms with Crippen molar-refractivity contribution in [1.82, 2.24) is 9.38 Å². The van der Waals surface area contributed by atoms with Gasteiger partial charge in [0.15, 0.2) is 11.6 Å². The molecule has 0 N–H and O–H groups in total. The van der Waals surface area contributed by atoms with Gasteiger partial charge in [-0.15, -0.1) is 0 Å². The third-order valence-electron chi connectivity index (χ3n) is 3.03. The van der Waals surface area contributed by atoms with Gasteiger partial charge in [0.1, 0.15) is 5.82 Å². The highest BCUT2D eigenvalue weighted by Crippen LogP contribution is 2.28. The molecule has 96 valence electrons. The summed E-state index contributed by atoms with van der Waals surface area (Å²) in [5.74, 6) is -1.48. The van der Waals surface area contributed by atoms with E-state index in [1.807, 2.05) is 6.92 Å². The topological polar surface area (TPSA) is 17.3 Å². The van der Waals surface area contributed by atoms with E-state index in [0.29, 0.717) is 16.4 Å². The van der Waals surface area contributed by atoms with Crippen LogP contribution in [-0.4, -0.2) is 9.38 Å². The van der Waals surface area contributed by atoms with Crippen molar-refractivity contribution < 1.29 is 8.78 Å². The predicted molar refractivity (Wildman–Crippen MR) is 70.3 cm³/mol. The summed E-state index contributed by atoms with van der Waals surface area (Å²) in [4.78, 5) is 4.14. The number of fused-ring (bicyclic) bond motifs is 1. The van der Waals surface area contributed by atoms with E-state index in [-0.39, 0.29) is 5.56 Å². The number of nitrogens with zero attached hydrogens (tertiary/aromatic N) is 2. The SMILES string of the molecule is Cc1ccn2c(-c3cccc(F)c3F)ncc2c1Cl. The molecule has 0 saturated carbocycles. The Labute approximate surface area is 113 Å². The molecule has 0 spiro atoms. The van der Waals surface area contributed by atoms with E-state index in [2.05, 4.69) is 4.98 Å². The van der Waals surface area contributed by atoms with Crippen molar-refractivity contribution >= 4 is 17.1 Å². The zero-order valence-corrected chi connectivity index (χ0v) is 10.7. The molecule has 1 aromatic carbocycles. The monoisotopic (exact) mass is 278 g/mol. The third kappa shape index (κ3) is 1.79. The number of rotatable bonds is 1. The van der Waals surface area contributed by atoms with Crippen LogP contribution in [0.5, 0.6) is 0 Å². The fourth-order valence-corrected chi connectivity index (χ4v) is 2.21. The Balaban J connectivity index is 2.33. The first-order chi connectivity index (χ1) is 9.09. The molecule has 0 aliphatic carbocycles. The number of aryl methyl sites for hydroxylation is 1. The molecule has 19 heavy (non-hydrogen) atoms. The largest absolute Gasteiger partial charge is 0.298 e. The quantitative estimate of drug-likeness (QED) is 0.651. The Hall–Kier alpha value is -1.94. The van der Waals surface area contributed by atoms with Gasteiger partial charge in [0.2, 0.25) is 0 Å². The predicted octanol–water partition coefficient (Wildman–Crippen LogP) is 4.24. The number of imidazole rings is 1. The first kappa shape index (κ1) is 12.1. The average molecular weight is 279 g/mol. The van der Waals surface area contributed by atoms with Crippen LogP contribution in [0.25, 0.3) is 16.9 Å². The van der Waals surface area contributed by atoms with Gasteiger partial charge in [-0.1, -0.05) is 17.7 Å². The minimum absolute atomic E-state index is 0.111. The van der Waals surface area contributed by atoms with E-state index in [0.717, 1.165) is 11.6 Å². The number of aromatic nitrogens is 2. The number of benzene rings is 1. The van der Waals surface area contributed by atoms with E-state index in [4.69, 9.17) is 11.6 Å². The zero-order valence-electron chi connectivity index (χ0n) is 9.99. The zero-order chi connectivity index (χ0) is 13.6. The van der Waals surface area contributed by atoms with Crippen molar-refractivity contribution in [1.29, 1.82) is 0 Å². The maximum atomic E-state index is 13.8. The highest BCUT2D eigenvalue weighted by molar-refractivity contribution is 6.34. The average Bonchev–Trinajstić information content (AvgIpc) is 2.82. The summed E-state index contributed by atoms with van der Waals surface area (Å²) in [6.07, 6.45) is 3.29. The molecule has 2 aromatic heterocycles. The van der Waals surface area contributed by atoms with Crippen LogP contribution in [-0.2, 0) is 0 Å². The molecular formula is C14H9ClF2N2. The standard InChI is InChI=1S/C14H9ClF2N2/c1-8-5-6-19-11(12(8)15)7-18-14(19)9-3-2-4-10(16)13(9)17/h2-7H,1H3. The summed E-state index contributed by atoms with van der Waals surface area (Å²) in [5, 5.41) is 0.554. The van der Waals surface area contributed by atoms with Gasteiger partial charge in [-0.3, -0.25) is 4.40 Å². The van der Waals surface area contributed by atoms with Crippen LogP contribution in [0.3, 0.4) is 0 Å². The van der Waals surface area contributed by atoms with E-state index in [1.54, 1.807) is 22.9 Å². The number of halogens is 3. The Bertz CT molecular complexity index is 780. The second kappa shape index (κ2) is 4.31. The van der Waals surface area contributed by atoms with Gasteiger partial charge in [0, 0.05) is 6.20 Å². The van der Waals surface area contributed by atoms with Crippen molar-refractivity contribution in [2.24, 2.45) is 0 Å². The van der Waals surface area contributed by atoms with Gasteiger partial charge in [-0.2, -0.15) is 0 Å². The van der Waals surface area contributed by atoms with Gasteiger partial charge in [-0.25, -0.2) is 13.8 Å². The van der Waals surface area contributed by atoms with Crippen molar-refractivity contribution in [2.75, 3.05) is 0 Å². The van der Waals surface area contributed by atoms with Crippen LogP contribution in [0.2, 0.25) is 5.02 Å². The lowest BCUT2D eigenvalue weighted by molar-refractivity contribution is 0.510. The molecule has 0 saturated heterocycles. The highest BCUT2D eigenvalue weighted by atomic mass is 35.5. The van der Waals surface area contributed by atoms with Crippen molar-refractivity contribution in [3.8, 4) is 11.4 Å². The lowest BCUT2D eigenvalue weighted by Crippen LogP contribution is -1.95. The molecule has 0 atom stereocenters. The number of hydrogen-bond acceptors (Lipinski definition) is 1. The first-order valence-corrected chi connectivity index (χ1v) is 6.04. The molecule has 5 heteroatoms. The van der Waals surface area contributed by atoms with Crippen LogP contribution in [0.15, 0.2) is 36.7 Å². The molecule has 0 radical (unpaired) electrons. The lowest BCUT2D eigenvalue weighted by atomic mass is 10.2.